The Morgan fingerprint density at radius 2 is 1.82 bits per heavy atom. The third kappa shape index (κ3) is 8.61. The fourth-order valence-corrected chi connectivity index (χ4v) is 7.23. The van der Waals surface area contributed by atoms with Gasteiger partial charge in [-0.15, -0.1) is 0 Å². The second-order valence-electron chi connectivity index (χ2n) is 12.7. The lowest BCUT2D eigenvalue weighted by atomic mass is 9.98. The van der Waals surface area contributed by atoms with Crippen LogP contribution in [0.4, 0.5) is 15.9 Å². The Balaban J connectivity index is 1.18. The molecule has 2 aliphatic rings. The van der Waals surface area contributed by atoms with Crippen LogP contribution in [0.1, 0.15) is 43.7 Å². The second kappa shape index (κ2) is 16.8. The molecule has 2 fully saturated rings. The number of aromatic nitrogens is 2. The van der Waals surface area contributed by atoms with Crippen LogP contribution in [-0.2, 0) is 27.4 Å². The van der Waals surface area contributed by atoms with Crippen LogP contribution in [-0.4, -0.2) is 66.1 Å². The number of halogens is 3. The van der Waals surface area contributed by atoms with Crippen molar-refractivity contribution in [1.29, 1.82) is 0 Å². The number of ether oxygens (including phenoxy) is 2. The molecule has 0 aliphatic carbocycles. The highest BCUT2D eigenvalue weighted by molar-refractivity contribution is 6.39. The van der Waals surface area contributed by atoms with Gasteiger partial charge in [-0.05, 0) is 50.9 Å². The summed E-state index contributed by atoms with van der Waals surface area (Å²) in [4.78, 5) is 34.9. The number of nitrogens with one attached hydrogen (secondary N) is 3. The second-order valence-corrected chi connectivity index (χ2v) is 13.5. The van der Waals surface area contributed by atoms with Gasteiger partial charge in [-0.2, -0.15) is 0 Å². The summed E-state index contributed by atoms with van der Waals surface area (Å²) in [7, 11) is 1.58. The summed E-state index contributed by atoms with van der Waals surface area (Å²) < 4.78 is 26.7. The fourth-order valence-electron chi connectivity index (χ4n) is 6.63. The van der Waals surface area contributed by atoms with Crippen LogP contribution in [0.2, 0.25) is 10.0 Å². The molecule has 4 heterocycles. The molecule has 2 atom stereocenters. The van der Waals surface area contributed by atoms with Crippen molar-refractivity contribution in [2.45, 2.75) is 51.7 Å². The molecule has 0 radical (unpaired) electrons. The highest BCUT2D eigenvalue weighted by atomic mass is 35.5. The topological polar surface area (TPSA) is 118 Å². The molecule has 2 aliphatic heterocycles. The number of nitrogens with zero attached hydrogens (tertiary/aromatic N) is 3. The van der Waals surface area contributed by atoms with Gasteiger partial charge in [0.2, 0.25) is 11.8 Å². The molecule has 10 nitrogen and oxygen atoms in total. The maximum atomic E-state index is 15.8. The average molecular weight is 736 g/mol. The van der Waals surface area contributed by atoms with Crippen molar-refractivity contribution in [2.75, 3.05) is 38.7 Å². The number of hydrogen-bond donors (Lipinski definition) is 3. The first-order valence-corrected chi connectivity index (χ1v) is 17.9. The minimum absolute atomic E-state index is 0.0456. The van der Waals surface area contributed by atoms with E-state index >= 15 is 4.39 Å². The van der Waals surface area contributed by atoms with Crippen molar-refractivity contribution in [2.24, 2.45) is 5.92 Å². The Kier molecular flexibility index (Phi) is 12.0. The summed E-state index contributed by atoms with van der Waals surface area (Å²) in [5.74, 6) is -0.304. The van der Waals surface area contributed by atoms with Gasteiger partial charge in [0.1, 0.15) is 0 Å². The summed E-state index contributed by atoms with van der Waals surface area (Å²) in [6.45, 7) is 4.94. The van der Waals surface area contributed by atoms with Crippen molar-refractivity contribution < 1.29 is 23.5 Å². The van der Waals surface area contributed by atoms with E-state index in [2.05, 4.69) is 25.8 Å². The van der Waals surface area contributed by atoms with Gasteiger partial charge in [-0.25, -0.2) is 14.4 Å². The number of rotatable bonds is 13. The number of methoxy groups -OCH3 is 1. The zero-order valence-electron chi connectivity index (χ0n) is 28.6. The Hall–Kier alpha value is -4.29. The standard InChI is InChI=1S/C38H41Cl2FN6O4/c1-3-51-38(49)25-7-6-18-47(22-25)21-24-16-17-43-36(35(24)41)45-31-11-5-9-28(34(31)40)27-8-4-10-29(33(27)39)30-14-12-23(37(46-30)50-2)19-42-20-26-13-15-32(48)44-26/h4-5,8-12,14,16-17,25-26,42H,3,6-7,13,15,18-22H2,1-2H3,(H,43,45)(H,44,48)/t25-,26+/m1/s1. The first-order valence-electron chi connectivity index (χ1n) is 17.2. The van der Waals surface area contributed by atoms with Crippen LogP contribution in [0.25, 0.3) is 22.4 Å². The number of hydrogen-bond acceptors (Lipinski definition) is 9. The number of carbonyl (C=O) groups excluding carboxylic acids is 2. The van der Waals surface area contributed by atoms with Gasteiger partial charge in [0.05, 0.1) is 41.1 Å². The SMILES string of the molecule is CCOC(=O)[C@@H]1CCCN(Cc2ccnc(Nc3cccc(-c4cccc(-c5ccc(CNC[C@@H]6CCC(=O)N6)c(OC)n5)c4Cl)c3Cl)c2F)C1. The largest absolute Gasteiger partial charge is 0.481 e. The van der Waals surface area contributed by atoms with Crippen LogP contribution < -0.4 is 20.7 Å². The van der Waals surface area contributed by atoms with Gasteiger partial charge in [-0.1, -0.05) is 59.6 Å². The van der Waals surface area contributed by atoms with E-state index in [4.69, 9.17) is 37.7 Å². The quantitative estimate of drug-likeness (QED) is 0.123. The Bertz CT molecular complexity index is 1900. The minimum Gasteiger partial charge on any atom is -0.481 e. The predicted molar refractivity (Wildman–Crippen MR) is 197 cm³/mol. The molecule has 2 aromatic carbocycles. The molecular weight excluding hydrogens is 694 g/mol. The average Bonchev–Trinajstić information content (AvgIpc) is 3.56. The van der Waals surface area contributed by atoms with Crippen molar-refractivity contribution in [3.05, 3.63) is 87.8 Å². The Morgan fingerprint density at radius 1 is 1.04 bits per heavy atom. The first kappa shape index (κ1) is 36.5. The van der Waals surface area contributed by atoms with Crippen molar-refractivity contribution >= 4 is 46.6 Å². The molecule has 1 amide bonds. The van der Waals surface area contributed by atoms with Crippen molar-refractivity contribution in [1.82, 2.24) is 25.5 Å². The Labute approximate surface area is 307 Å². The van der Waals surface area contributed by atoms with Crippen LogP contribution in [0.15, 0.2) is 60.8 Å². The maximum Gasteiger partial charge on any atom is 0.310 e. The number of likely N-dealkylation sites (tertiary alicyclic amines) is 1. The molecule has 0 bridgehead atoms. The number of benzene rings is 2. The summed E-state index contributed by atoms with van der Waals surface area (Å²) in [6, 6.07) is 16.7. The number of carbonyl (C=O) groups is 2. The molecule has 3 N–H and O–H groups in total. The van der Waals surface area contributed by atoms with Gasteiger partial charge >= 0.3 is 5.97 Å². The smallest absolute Gasteiger partial charge is 0.310 e. The van der Waals surface area contributed by atoms with Gasteiger partial charge in [0.25, 0.3) is 0 Å². The number of anilines is 2. The predicted octanol–water partition coefficient (Wildman–Crippen LogP) is 7.15. The lowest BCUT2D eigenvalue weighted by Crippen LogP contribution is -2.39. The molecule has 51 heavy (non-hydrogen) atoms. The molecule has 0 saturated carbocycles. The van der Waals surface area contributed by atoms with E-state index < -0.39 is 5.82 Å². The molecule has 0 unspecified atom stereocenters. The van der Waals surface area contributed by atoms with E-state index in [-0.39, 0.29) is 29.7 Å². The Morgan fingerprint density at radius 3 is 2.59 bits per heavy atom. The van der Waals surface area contributed by atoms with E-state index in [1.807, 2.05) is 42.5 Å². The number of pyridine rings is 2. The van der Waals surface area contributed by atoms with Crippen LogP contribution in [0.5, 0.6) is 5.88 Å². The zero-order chi connectivity index (χ0) is 35.9. The molecule has 268 valence electrons. The summed E-state index contributed by atoms with van der Waals surface area (Å²) in [5, 5.41) is 10.2. The summed E-state index contributed by atoms with van der Waals surface area (Å²) in [5.41, 5.74) is 4.45. The normalized spacial score (nSPS) is 17.6. The summed E-state index contributed by atoms with van der Waals surface area (Å²) >= 11 is 14.0. The van der Waals surface area contributed by atoms with Crippen molar-refractivity contribution in [3.63, 3.8) is 0 Å². The fraction of sp³-hybridized carbons (Fsp3) is 0.368. The van der Waals surface area contributed by atoms with E-state index in [9.17, 15) is 9.59 Å². The van der Waals surface area contributed by atoms with E-state index in [0.29, 0.717) is 88.8 Å². The third-order valence-electron chi connectivity index (χ3n) is 9.23. The molecule has 0 spiro atoms. The van der Waals surface area contributed by atoms with Crippen LogP contribution in [0, 0.1) is 11.7 Å². The molecule has 13 heteroatoms. The molecule has 4 aromatic rings. The van der Waals surface area contributed by atoms with Crippen LogP contribution >= 0.6 is 23.2 Å². The zero-order valence-corrected chi connectivity index (χ0v) is 30.1. The number of esters is 1. The highest BCUT2D eigenvalue weighted by Gasteiger charge is 2.28. The molecule has 2 aromatic heterocycles. The summed E-state index contributed by atoms with van der Waals surface area (Å²) in [6.07, 6.45) is 4.54. The first-order chi connectivity index (χ1) is 24.7. The lowest BCUT2D eigenvalue weighted by Gasteiger charge is -2.31. The molecule has 6 rings (SSSR count). The van der Waals surface area contributed by atoms with Gasteiger partial charge in [-0.3, -0.25) is 14.5 Å². The van der Waals surface area contributed by atoms with Crippen molar-refractivity contribution in [3.8, 4) is 28.3 Å². The van der Waals surface area contributed by atoms with Gasteiger partial charge in [0.15, 0.2) is 11.6 Å². The molecular formula is C38H41Cl2FN6O4. The van der Waals surface area contributed by atoms with E-state index in [1.165, 1.54) is 0 Å². The minimum atomic E-state index is -0.485. The van der Waals surface area contributed by atoms with Gasteiger partial charge < -0.3 is 25.4 Å². The van der Waals surface area contributed by atoms with E-state index in [0.717, 1.165) is 31.4 Å². The third-order valence-corrected chi connectivity index (χ3v) is 10.0. The molecule has 2 saturated heterocycles. The maximum absolute atomic E-state index is 15.8. The van der Waals surface area contributed by atoms with Gasteiger partial charge in [0, 0.05) is 72.7 Å². The highest BCUT2D eigenvalue weighted by Crippen LogP contribution is 2.42. The van der Waals surface area contributed by atoms with E-state index in [1.54, 1.807) is 32.4 Å². The number of piperidine rings is 1. The van der Waals surface area contributed by atoms with Crippen LogP contribution in [0.3, 0.4) is 0 Å². The number of amides is 1. The monoisotopic (exact) mass is 734 g/mol. The lowest BCUT2D eigenvalue weighted by molar-refractivity contribution is -0.150.